The van der Waals surface area contributed by atoms with Gasteiger partial charge in [-0.1, -0.05) is 55.5 Å². The van der Waals surface area contributed by atoms with Crippen LogP contribution in [0.25, 0.3) is 44.5 Å². The number of morpholine rings is 1. The first-order chi connectivity index (χ1) is 20.2. The van der Waals surface area contributed by atoms with Crippen molar-refractivity contribution >= 4 is 11.0 Å². The van der Waals surface area contributed by atoms with Gasteiger partial charge in [-0.05, 0) is 78.5 Å². The van der Waals surface area contributed by atoms with Gasteiger partial charge >= 0.3 is 0 Å². The second kappa shape index (κ2) is 10.2. The van der Waals surface area contributed by atoms with Crippen LogP contribution in [-0.4, -0.2) is 51.2 Å². The number of hydrogen-bond donors (Lipinski definition) is 1. The number of aromatic amines is 1. The highest BCUT2D eigenvalue weighted by Gasteiger charge is 2.45. The van der Waals surface area contributed by atoms with Crippen molar-refractivity contribution in [2.24, 2.45) is 0 Å². The molecule has 2 aromatic carbocycles. The average molecular weight is 541 g/mol. The minimum Gasteiger partial charge on any atom is -0.378 e. The topological polar surface area (TPSA) is 54.0 Å². The molecule has 0 saturated carbocycles. The second-order valence-corrected chi connectivity index (χ2v) is 12.0. The maximum atomic E-state index is 5.75. The summed E-state index contributed by atoms with van der Waals surface area (Å²) in [4.78, 5) is 15.7. The van der Waals surface area contributed by atoms with Crippen LogP contribution in [-0.2, 0) is 24.0 Å². The van der Waals surface area contributed by atoms with E-state index >= 15 is 0 Å². The summed E-state index contributed by atoms with van der Waals surface area (Å²) in [6, 6.07) is 24.4. The fourth-order valence-electron chi connectivity index (χ4n) is 7.52. The Labute approximate surface area is 241 Å². The van der Waals surface area contributed by atoms with E-state index in [4.69, 9.17) is 9.72 Å². The second-order valence-electron chi connectivity index (χ2n) is 12.0. The van der Waals surface area contributed by atoms with Crippen molar-refractivity contribution in [2.45, 2.75) is 63.6 Å². The highest BCUT2D eigenvalue weighted by Crippen LogP contribution is 2.38. The zero-order valence-corrected chi connectivity index (χ0v) is 23.6. The number of nitrogens with one attached hydrogen (secondary N) is 1. The lowest BCUT2D eigenvalue weighted by molar-refractivity contribution is -0.148. The van der Waals surface area contributed by atoms with Gasteiger partial charge in [0.05, 0.1) is 18.9 Å². The third-order valence-corrected chi connectivity index (χ3v) is 9.74. The van der Waals surface area contributed by atoms with Crippen LogP contribution in [0.4, 0.5) is 0 Å². The fourth-order valence-corrected chi connectivity index (χ4v) is 7.52. The van der Waals surface area contributed by atoms with Gasteiger partial charge in [0.15, 0.2) is 0 Å². The van der Waals surface area contributed by atoms with E-state index in [1.54, 1.807) is 0 Å². The summed E-state index contributed by atoms with van der Waals surface area (Å²) in [5.41, 5.74) is 12.3. The van der Waals surface area contributed by atoms with Gasteiger partial charge in [0, 0.05) is 58.8 Å². The molecule has 5 aromatic rings. The molecule has 2 bridgehead atoms. The molecule has 2 aliphatic heterocycles. The van der Waals surface area contributed by atoms with Crippen LogP contribution in [0.5, 0.6) is 0 Å². The molecule has 3 aromatic heterocycles. The van der Waals surface area contributed by atoms with Gasteiger partial charge in [0.25, 0.3) is 0 Å². The lowest BCUT2D eigenvalue weighted by Crippen LogP contribution is -2.66. The number of H-pyrrole nitrogens is 1. The third kappa shape index (κ3) is 4.39. The first kappa shape index (κ1) is 25.0. The molecular formula is C36H36N4O. The first-order valence-corrected chi connectivity index (χ1v) is 15.2. The summed E-state index contributed by atoms with van der Waals surface area (Å²) in [5.74, 6) is 0. The van der Waals surface area contributed by atoms with E-state index in [1.807, 2.05) is 18.5 Å². The van der Waals surface area contributed by atoms with Gasteiger partial charge < -0.3 is 9.72 Å². The van der Waals surface area contributed by atoms with Crippen LogP contribution in [0.2, 0.25) is 0 Å². The normalized spacial score (nSPS) is 22.2. The summed E-state index contributed by atoms with van der Waals surface area (Å²) in [6.45, 7) is 4.03. The minimum atomic E-state index is 0.656. The number of aromatic nitrogens is 3. The monoisotopic (exact) mass is 540 g/mol. The van der Waals surface area contributed by atoms with Gasteiger partial charge in [-0.2, -0.15) is 0 Å². The summed E-state index contributed by atoms with van der Waals surface area (Å²) >= 11 is 0. The Bertz CT molecular complexity index is 1710. The Morgan fingerprint density at radius 3 is 2.41 bits per heavy atom. The average Bonchev–Trinajstić information content (AvgIpc) is 3.35. The lowest BCUT2D eigenvalue weighted by Gasteiger charge is -2.56. The standard InChI is InChI=1S/C36H36N4O/c1-2-23-4-3-15-37-35(23)26-8-6-25(7-9-26)34-20-39-36-33(34)17-29(19-38-36)28-10-5-24-11-13-30(14-12-27(24)16-28)40-31-18-32(40)22-41-21-31/h3-10,15-17,19-20,30-32H,2,11-14,18,21-22H2,1H3,(H,38,39)/t30-,31?,32?/m0/s1. The fraction of sp³-hybridized carbons (Fsp3) is 0.333. The molecule has 1 aliphatic carbocycles. The van der Waals surface area contributed by atoms with E-state index in [-0.39, 0.29) is 0 Å². The Kier molecular flexibility index (Phi) is 6.23. The van der Waals surface area contributed by atoms with Crippen molar-refractivity contribution in [3.8, 4) is 33.5 Å². The van der Waals surface area contributed by atoms with Gasteiger partial charge in [-0.3, -0.25) is 9.88 Å². The zero-order valence-electron chi connectivity index (χ0n) is 23.6. The Morgan fingerprint density at radius 1 is 0.829 bits per heavy atom. The smallest absolute Gasteiger partial charge is 0.137 e. The van der Waals surface area contributed by atoms with E-state index in [9.17, 15) is 0 Å². The molecule has 5 heterocycles. The van der Waals surface area contributed by atoms with Crippen LogP contribution < -0.4 is 0 Å². The predicted octanol–water partition coefficient (Wildman–Crippen LogP) is 7.24. The van der Waals surface area contributed by atoms with E-state index < -0.39 is 0 Å². The minimum absolute atomic E-state index is 0.656. The van der Waals surface area contributed by atoms with Gasteiger partial charge in [-0.15, -0.1) is 0 Å². The molecule has 5 heteroatoms. The summed E-state index contributed by atoms with van der Waals surface area (Å²) in [5, 5.41) is 1.16. The predicted molar refractivity (Wildman–Crippen MR) is 165 cm³/mol. The van der Waals surface area contributed by atoms with Gasteiger partial charge in [0.1, 0.15) is 5.65 Å². The number of hydrogen-bond acceptors (Lipinski definition) is 4. The number of rotatable bonds is 5. The molecule has 0 radical (unpaired) electrons. The molecule has 0 spiro atoms. The van der Waals surface area contributed by atoms with E-state index in [1.165, 1.54) is 64.6 Å². The molecule has 2 saturated heterocycles. The van der Waals surface area contributed by atoms with Crippen LogP contribution in [0.15, 0.2) is 79.3 Å². The number of aryl methyl sites for hydroxylation is 3. The summed E-state index contributed by atoms with van der Waals surface area (Å²) in [6.07, 6.45) is 13.1. The quantitative estimate of drug-likeness (QED) is 0.239. The first-order valence-electron chi connectivity index (χ1n) is 15.2. The van der Waals surface area contributed by atoms with E-state index in [0.29, 0.717) is 18.1 Å². The number of pyridine rings is 2. The van der Waals surface area contributed by atoms with E-state index in [0.717, 1.165) is 48.3 Å². The molecule has 206 valence electrons. The van der Waals surface area contributed by atoms with Crippen molar-refractivity contribution in [1.29, 1.82) is 0 Å². The van der Waals surface area contributed by atoms with Crippen molar-refractivity contribution in [2.75, 3.05) is 13.2 Å². The molecule has 8 rings (SSSR count). The van der Waals surface area contributed by atoms with Crippen LogP contribution in [0.3, 0.4) is 0 Å². The molecule has 3 aliphatic rings. The lowest BCUT2D eigenvalue weighted by atomic mass is 9.87. The maximum absolute atomic E-state index is 5.75. The van der Waals surface area contributed by atoms with Crippen molar-refractivity contribution in [3.63, 3.8) is 0 Å². The van der Waals surface area contributed by atoms with Crippen molar-refractivity contribution < 1.29 is 4.74 Å². The zero-order chi connectivity index (χ0) is 27.3. The third-order valence-electron chi connectivity index (χ3n) is 9.74. The molecular weight excluding hydrogens is 504 g/mol. The molecule has 0 amide bonds. The van der Waals surface area contributed by atoms with Crippen molar-refractivity contribution in [3.05, 3.63) is 95.9 Å². The van der Waals surface area contributed by atoms with Gasteiger partial charge in [-0.25, -0.2) is 4.98 Å². The van der Waals surface area contributed by atoms with Crippen LogP contribution >= 0.6 is 0 Å². The highest BCUT2D eigenvalue weighted by molar-refractivity contribution is 5.96. The molecule has 41 heavy (non-hydrogen) atoms. The van der Waals surface area contributed by atoms with Crippen LogP contribution in [0.1, 0.15) is 42.9 Å². The summed E-state index contributed by atoms with van der Waals surface area (Å²) in [7, 11) is 0. The van der Waals surface area contributed by atoms with Gasteiger partial charge in [0.2, 0.25) is 0 Å². The maximum Gasteiger partial charge on any atom is 0.137 e. The molecule has 2 unspecified atom stereocenters. The SMILES string of the molecule is CCc1cccnc1-c1ccc(-c2c[nH]c3ncc(-c4ccc5c(c4)CC[C@@H](N4C6COCC4C6)CC5)cc23)cc1. The molecule has 2 fully saturated rings. The summed E-state index contributed by atoms with van der Waals surface area (Å²) < 4.78 is 5.75. The number of nitrogens with zero attached hydrogens (tertiary/aromatic N) is 3. The Balaban J connectivity index is 1.06. The Morgan fingerprint density at radius 2 is 1.61 bits per heavy atom. The molecule has 3 atom stereocenters. The number of fused-ring (bicyclic) bond motifs is 4. The van der Waals surface area contributed by atoms with Crippen LogP contribution in [0, 0.1) is 0 Å². The number of benzene rings is 2. The highest BCUT2D eigenvalue weighted by atomic mass is 16.5. The molecule has 5 nitrogen and oxygen atoms in total. The number of ether oxygens (including phenoxy) is 1. The van der Waals surface area contributed by atoms with E-state index in [2.05, 4.69) is 82.6 Å². The molecule has 1 N–H and O–H groups in total. The van der Waals surface area contributed by atoms with Crippen molar-refractivity contribution in [1.82, 2.24) is 19.9 Å². The Hall–Kier alpha value is -3.80. The largest absolute Gasteiger partial charge is 0.378 e.